The fourth-order valence-electron chi connectivity index (χ4n) is 9.73. The van der Waals surface area contributed by atoms with Gasteiger partial charge in [-0.1, -0.05) is 30.3 Å². The van der Waals surface area contributed by atoms with Crippen molar-refractivity contribution in [3.05, 3.63) is 102 Å². The fraction of sp³-hybridized carbons (Fsp3) is 0.391. The molecule has 6 heterocycles. The number of nitrogens with zero attached hydrogens (tertiary/aromatic N) is 8. The molecule has 0 spiro atoms. The average molecular weight is 854 g/mol. The van der Waals surface area contributed by atoms with Crippen molar-refractivity contribution in [2.45, 2.75) is 63.1 Å². The van der Waals surface area contributed by atoms with E-state index in [0.29, 0.717) is 36.8 Å². The van der Waals surface area contributed by atoms with Gasteiger partial charge in [0.05, 0.1) is 29.6 Å². The van der Waals surface area contributed by atoms with Gasteiger partial charge in [-0.05, 0) is 80.0 Å². The summed E-state index contributed by atoms with van der Waals surface area (Å²) in [4.78, 5) is 84.6. The molecule has 5 amide bonds. The molecule has 0 bridgehead atoms. The molecule has 1 atom stereocenters. The van der Waals surface area contributed by atoms with Gasteiger partial charge >= 0.3 is 0 Å². The third kappa shape index (κ3) is 8.08. The number of benzene rings is 3. The van der Waals surface area contributed by atoms with Crippen molar-refractivity contribution in [3.63, 3.8) is 0 Å². The highest BCUT2D eigenvalue weighted by atomic mass is 19.1. The second kappa shape index (κ2) is 16.8. The van der Waals surface area contributed by atoms with Gasteiger partial charge in [0.1, 0.15) is 18.2 Å². The second-order valence-corrected chi connectivity index (χ2v) is 17.3. The first-order chi connectivity index (χ1) is 30.6. The summed E-state index contributed by atoms with van der Waals surface area (Å²) in [6.45, 7) is 5.88. The molecule has 10 rings (SSSR count). The average Bonchev–Trinajstić information content (AvgIpc) is 3.80. The van der Waals surface area contributed by atoms with Crippen LogP contribution in [0.1, 0.15) is 70.8 Å². The Labute approximate surface area is 362 Å². The lowest BCUT2D eigenvalue weighted by molar-refractivity contribution is -0.136. The van der Waals surface area contributed by atoms with Crippen molar-refractivity contribution in [2.24, 2.45) is 5.92 Å². The molecule has 1 saturated carbocycles. The number of rotatable bonds is 11. The van der Waals surface area contributed by atoms with Crippen LogP contribution in [0.5, 0.6) is 0 Å². The van der Waals surface area contributed by atoms with E-state index in [1.165, 1.54) is 6.07 Å². The maximum atomic E-state index is 15.5. The Kier molecular flexibility index (Phi) is 10.8. The van der Waals surface area contributed by atoms with Crippen LogP contribution in [0.15, 0.2) is 79.4 Å². The van der Waals surface area contributed by atoms with Crippen molar-refractivity contribution in [2.75, 3.05) is 60.9 Å². The van der Waals surface area contributed by atoms with Gasteiger partial charge in [-0.15, -0.1) is 0 Å². The summed E-state index contributed by atoms with van der Waals surface area (Å²) >= 11 is 0. The Morgan fingerprint density at radius 2 is 1.54 bits per heavy atom. The van der Waals surface area contributed by atoms with Crippen LogP contribution in [0.25, 0.3) is 11.2 Å². The molecular formula is C46H48FN11O5. The molecule has 16 nitrogen and oxygen atoms in total. The Hall–Kier alpha value is -6.75. The van der Waals surface area contributed by atoms with Gasteiger partial charge in [-0.3, -0.25) is 39.1 Å². The molecule has 5 aliphatic rings. The number of halogens is 1. The minimum Gasteiger partial charge on any atom is -0.369 e. The molecule has 5 aromatic rings. The lowest BCUT2D eigenvalue weighted by Crippen LogP contribution is -2.54. The number of nitrogens with one attached hydrogen (secondary N) is 3. The predicted octanol–water partition coefficient (Wildman–Crippen LogP) is 4.21. The largest absolute Gasteiger partial charge is 0.369 e. The molecule has 3 N–H and O–H groups in total. The summed E-state index contributed by atoms with van der Waals surface area (Å²) in [6, 6.07) is 19.9. The normalized spacial score (nSPS) is 22.0. The molecule has 0 unspecified atom stereocenters. The number of anilines is 4. The van der Waals surface area contributed by atoms with E-state index in [-0.39, 0.29) is 47.6 Å². The van der Waals surface area contributed by atoms with Crippen LogP contribution in [0, 0.1) is 11.7 Å². The maximum absolute atomic E-state index is 15.5. The summed E-state index contributed by atoms with van der Waals surface area (Å²) < 4.78 is 17.6. The Morgan fingerprint density at radius 1 is 0.810 bits per heavy atom. The van der Waals surface area contributed by atoms with E-state index < -0.39 is 35.5 Å². The summed E-state index contributed by atoms with van der Waals surface area (Å²) in [6.07, 6.45) is 7.20. The van der Waals surface area contributed by atoms with E-state index in [1.807, 2.05) is 41.6 Å². The third-order valence-corrected chi connectivity index (χ3v) is 13.3. The fourth-order valence-corrected chi connectivity index (χ4v) is 9.73. The molecule has 4 aliphatic heterocycles. The van der Waals surface area contributed by atoms with Gasteiger partial charge in [0.2, 0.25) is 17.7 Å². The second-order valence-electron chi connectivity index (χ2n) is 17.3. The van der Waals surface area contributed by atoms with Gasteiger partial charge in [0.25, 0.3) is 11.8 Å². The summed E-state index contributed by atoms with van der Waals surface area (Å²) in [7, 11) is 0. The van der Waals surface area contributed by atoms with E-state index in [9.17, 15) is 24.0 Å². The maximum Gasteiger partial charge on any atom is 0.262 e. The van der Waals surface area contributed by atoms with E-state index >= 15 is 4.39 Å². The highest BCUT2D eigenvalue weighted by Crippen LogP contribution is 2.37. The van der Waals surface area contributed by atoms with E-state index in [1.54, 1.807) is 6.33 Å². The van der Waals surface area contributed by atoms with Crippen LogP contribution < -0.4 is 25.8 Å². The smallest absolute Gasteiger partial charge is 0.262 e. The summed E-state index contributed by atoms with van der Waals surface area (Å²) in [5.41, 5.74) is 4.84. The quantitative estimate of drug-likeness (QED) is 0.162. The Morgan fingerprint density at radius 3 is 2.27 bits per heavy atom. The number of amides is 5. The lowest BCUT2D eigenvalue weighted by atomic mass is 9.86. The zero-order valence-corrected chi connectivity index (χ0v) is 34.7. The van der Waals surface area contributed by atoms with Crippen molar-refractivity contribution in [1.29, 1.82) is 0 Å². The zero-order valence-electron chi connectivity index (χ0n) is 34.7. The van der Waals surface area contributed by atoms with Crippen LogP contribution in [0.3, 0.4) is 0 Å². The number of carbonyl (C=O) groups excluding carboxylic acids is 5. The van der Waals surface area contributed by atoms with Gasteiger partial charge in [-0.25, -0.2) is 19.3 Å². The molecule has 17 heteroatoms. The topological polar surface area (TPSA) is 178 Å². The van der Waals surface area contributed by atoms with Crippen LogP contribution in [0.2, 0.25) is 0 Å². The monoisotopic (exact) mass is 853 g/mol. The summed E-state index contributed by atoms with van der Waals surface area (Å²) in [5, 5.41) is 8.78. The minimum absolute atomic E-state index is 0.0226. The number of piperidine rings is 2. The minimum atomic E-state index is -1.09. The SMILES string of the molecule is O=C1CC[C@H](N2C(=O)c3cc(F)c(N4CCC(CN5CCN(c6ccc(Nc7ncnc8c7ncn8C7CC(NC(=O)Cc8ccccc8)C7)cc6)CC5)CC4)cc3C2=O)C(=O)N1. The molecule has 2 aromatic heterocycles. The number of carbonyl (C=O) groups is 5. The first-order valence-electron chi connectivity index (χ1n) is 21.8. The van der Waals surface area contributed by atoms with Crippen LogP contribution in [-0.2, 0) is 20.8 Å². The molecule has 4 fully saturated rings. The van der Waals surface area contributed by atoms with Crippen LogP contribution >= 0.6 is 0 Å². The first-order valence-corrected chi connectivity index (χ1v) is 21.8. The number of hydrogen-bond acceptors (Lipinski definition) is 12. The number of imidazole rings is 1. The van der Waals surface area contributed by atoms with Crippen molar-refractivity contribution < 1.29 is 28.4 Å². The molecular weight excluding hydrogens is 806 g/mol. The van der Waals surface area contributed by atoms with E-state index in [0.717, 1.165) is 92.0 Å². The molecule has 63 heavy (non-hydrogen) atoms. The number of imide groups is 2. The van der Waals surface area contributed by atoms with Gasteiger partial charge < -0.3 is 25.0 Å². The molecule has 3 aromatic carbocycles. The van der Waals surface area contributed by atoms with Gasteiger partial charge in [0.15, 0.2) is 17.0 Å². The molecule has 0 radical (unpaired) electrons. The zero-order chi connectivity index (χ0) is 43.2. The van der Waals surface area contributed by atoms with E-state index in [4.69, 9.17) is 0 Å². The van der Waals surface area contributed by atoms with Crippen molar-refractivity contribution >= 4 is 63.6 Å². The highest BCUT2D eigenvalue weighted by molar-refractivity contribution is 6.23. The third-order valence-electron chi connectivity index (χ3n) is 13.3. The van der Waals surface area contributed by atoms with Gasteiger partial charge in [0, 0.05) is 75.7 Å². The standard InChI is InChI=1S/C46H48FN11O5/c47-36-23-34-35(46(63)58(45(34)62)37-10-11-39(59)53-44(37)61)24-38(36)56-14-12-29(13-15-56)25-54-16-18-55(19-17-54)32-8-6-30(7-9-32)52-42-41-43(49-26-48-42)57(27-50-41)33-21-31(22-33)51-40(60)20-28-4-2-1-3-5-28/h1-9,23-24,26-27,29,31,33,37H,10-22,25H2,(H,51,60)(H,48,49,52)(H,53,59,61)/t31?,33?,37-/m0/s1. The molecule has 3 saturated heterocycles. The highest BCUT2D eigenvalue weighted by Gasteiger charge is 2.45. The lowest BCUT2D eigenvalue weighted by Gasteiger charge is -2.40. The van der Waals surface area contributed by atoms with E-state index in [2.05, 4.69) is 69.5 Å². The molecule has 324 valence electrons. The van der Waals surface area contributed by atoms with Crippen LogP contribution in [-0.4, -0.2) is 117 Å². The number of aromatic nitrogens is 4. The van der Waals surface area contributed by atoms with Crippen molar-refractivity contribution in [3.8, 4) is 0 Å². The number of fused-ring (bicyclic) bond motifs is 2. The first kappa shape index (κ1) is 40.3. The predicted molar refractivity (Wildman–Crippen MR) is 232 cm³/mol. The Balaban J connectivity index is 0.682. The van der Waals surface area contributed by atoms with Crippen molar-refractivity contribution in [1.82, 2.24) is 40.0 Å². The number of piperazine rings is 1. The molecule has 1 aliphatic carbocycles. The van der Waals surface area contributed by atoms with Gasteiger partial charge in [-0.2, -0.15) is 0 Å². The van der Waals surface area contributed by atoms with Crippen LogP contribution in [0.4, 0.5) is 27.3 Å². The number of hydrogen-bond donors (Lipinski definition) is 3. The Bertz CT molecular complexity index is 2580. The summed E-state index contributed by atoms with van der Waals surface area (Å²) in [5.74, 6) is -1.93.